The Kier molecular flexibility index (Phi) is 4.90. The number of ether oxygens (including phenoxy) is 1. The highest BCUT2D eigenvalue weighted by atomic mass is 16.5. The van der Waals surface area contributed by atoms with Crippen molar-refractivity contribution in [3.63, 3.8) is 0 Å². The molecule has 0 radical (unpaired) electrons. The predicted molar refractivity (Wildman–Crippen MR) is 96.4 cm³/mol. The quantitative estimate of drug-likeness (QED) is 0.842. The number of nitriles is 1. The molecule has 0 bridgehead atoms. The number of hydrogen-bond acceptors (Lipinski definition) is 4. The summed E-state index contributed by atoms with van der Waals surface area (Å²) in [7, 11) is 1.35. The summed E-state index contributed by atoms with van der Waals surface area (Å²) in [5, 5.41) is 12.0. The van der Waals surface area contributed by atoms with E-state index in [1.54, 1.807) is 29.2 Å². The van der Waals surface area contributed by atoms with Crippen molar-refractivity contribution in [3.05, 3.63) is 65.7 Å². The third-order valence-corrected chi connectivity index (χ3v) is 4.64. The molecule has 0 aliphatic carbocycles. The fourth-order valence-corrected chi connectivity index (χ4v) is 3.20. The molecule has 1 saturated heterocycles. The highest BCUT2D eigenvalue weighted by Gasteiger charge is 2.44. The zero-order valence-electron chi connectivity index (χ0n) is 14.4. The highest BCUT2D eigenvalue weighted by Crippen LogP contribution is 2.34. The molecule has 1 N–H and O–H groups in total. The molecule has 0 aromatic heterocycles. The van der Waals surface area contributed by atoms with Crippen molar-refractivity contribution in [1.29, 1.82) is 5.26 Å². The van der Waals surface area contributed by atoms with Crippen molar-refractivity contribution >= 4 is 17.7 Å². The lowest BCUT2D eigenvalue weighted by atomic mass is 9.86. The van der Waals surface area contributed by atoms with E-state index < -0.39 is 5.54 Å². The van der Waals surface area contributed by atoms with Crippen LogP contribution in [0, 0.1) is 11.3 Å². The SMILES string of the molecule is COC(=O)CCC1(c2ccccc2)CN(c2ccc(C#N)cc2)C(=O)N1. The Labute approximate surface area is 152 Å². The van der Waals surface area contributed by atoms with Gasteiger partial charge in [-0.2, -0.15) is 5.26 Å². The molecular formula is C20H19N3O3. The zero-order valence-corrected chi connectivity index (χ0v) is 14.4. The van der Waals surface area contributed by atoms with Crippen LogP contribution < -0.4 is 10.2 Å². The van der Waals surface area contributed by atoms with E-state index in [0.29, 0.717) is 24.2 Å². The molecule has 1 aliphatic heterocycles. The van der Waals surface area contributed by atoms with Crippen LogP contribution in [0.2, 0.25) is 0 Å². The van der Waals surface area contributed by atoms with Gasteiger partial charge in [-0.05, 0) is 36.2 Å². The van der Waals surface area contributed by atoms with Crippen LogP contribution in [0.4, 0.5) is 10.5 Å². The lowest BCUT2D eigenvalue weighted by Gasteiger charge is -2.29. The largest absolute Gasteiger partial charge is 0.469 e. The summed E-state index contributed by atoms with van der Waals surface area (Å²) in [4.78, 5) is 26.0. The fourth-order valence-electron chi connectivity index (χ4n) is 3.20. The van der Waals surface area contributed by atoms with Gasteiger partial charge in [0.15, 0.2) is 0 Å². The maximum Gasteiger partial charge on any atom is 0.322 e. The molecule has 2 amide bonds. The molecule has 1 unspecified atom stereocenters. The summed E-state index contributed by atoms with van der Waals surface area (Å²) in [5.41, 5.74) is 1.50. The van der Waals surface area contributed by atoms with Crippen LogP contribution in [0.3, 0.4) is 0 Å². The molecule has 1 heterocycles. The first-order valence-electron chi connectivity index (χ1n) is 8.30. The number of esters is 1. The van der Waals surface area contributed by atoms with Crippen molar-refractivity contribution < 1.29 is 14.3 Å². The maximum absolute atomic E-state index is 12.7. The molecule has 1 fully saturated rings. The topological polar surface area (TPSA) is 82.4 Å². The van der Waals surface area contributed by atoms with Gasteiger partial charge in [0.05, 0.1) is 30.8 Å². The molecule has 0 saturated carbocycles. The van der Waals surface area contributed by atoms with Crippen LogP contribution in [0.5, 0.6) is 0 Å². The van der Waals surface area contributed by atoms with Crippen LogP contribution >= 0.6 is 0 Å². The van der Waals surface area contributed by atoms with Gasteiger partial charge in [-0.3, -0.25) is 9.69 Å². The van der Waals surface area contributed by atoms with Gasteiger partial charge >= 0.3 is 12.0 Å². The Morgan fingerprint density at radius 2 is 1.92 bits per heavy atom. The Bertz CT molecular complexity index is 843. The number of benzene rings is 2. The number of nitrogens with one attached hydrogen (secondary N) is 1. The van der Waals surface area contributed by atoms with Crippen molar-refractivity contribution in [2.45, 2.75) is 18.4 Å². The lowest BCUT2D eigenvalue weighted by Crippen LogP contribution is -2.41. The summed E-state index contributed by atoms with van der Waals surface area (Å²) in [6.45, 7) is 0.388. The van der Waals surface area contributed by atoms with Crippen LogP contribution in [-0.4, -0.2) is 25.7 Å². The molecule has 1 aliphatic rings. The number of rotatable bonds is 5. The Hall–Kier alpha value is -3.33. The molecule has 6 heteroatoms. The number of hydrogen-bond donors (Lipinski definition) is 1. The second-order valence-electron chi connectivity index (χ2n) is 6.20. The van der Waals surface area contributed by atoms with Gasteiger partial charge in [-0.15, -0.1) is 0 Å². The summed E-state index contributed by atoms with van der Waals surface area (Å²) >= 11 is 0. The monoisotopic (exact) mass is 349 g/mol. The highest BCUT2D eigenvalue weighted by molar-refractivity contribution is 5.95. The second kappa shape index (κ2) is 7.28. The summed E-state index contributed by atoms with van der Waals surface area (Å²) in [6.07, 6.45) is 0.634. The van der Waals surface area contributed by atoms with E-state index in [1.807, 2.05) is 30.3 Å². The number of anilines is 1. The van der Waals surface area contributed by atoms with E-state index >= 15 is 0 Å². The Morgan fingerprint density at radius 1 is 1.23 bits per heavy atom. The first-order chi connectivity index (χ1) is 12.6. The summed E-state index contributed by atoms with van der Waals surface area (Å²) in [5.74, 6) is -0.314. The number of carbonyl (C=O) groups is 2. The van der Waals surface area contributed by atoms with Gasteiger partial charge in [0.1, 0.15) is 0 Å². The first-order valence-corrected chi connectivity index (χ1v) is 8.30. The molecule has 2 aromatic carbocycles. The Balaban J connectivity index is 1.91. The minimum atomic E-state index is -0.680. The first kappa shape index (κ1) is 17.5. The minimum absolute atomic E-state index is 0.201. The molecule has 6 nitrogen and oxygen atoms in total. The molecule has 26 heavy (non-hydrogen) atoms. The van der Waals surface area contributed by atoms with Crippen molar-refractivity contribution in [2.75, 3.05) is 18.6 Å². The minimum Gasteiger partial charge on any atom is -0.469 e. The van der Waals surface area contributed by atoms with Crippen LogP contribution in [0.25, 0.3) is 0 Å². The fraction of sp³-hybridized carbons (Fsp3) is 0.250. The van der Waals surface area contributed by atoms with Gasteiger partial charge in [0, 0.05) is 12.1 Å². The molecule has 0 spiro atoms. The average Bonchev–Trinajstić information content (AvgIpc) is 3.04. The lowest BCUT2D eigenvalue weighted by molar-refractivity contribution is -0.141. The molecule has 3 rings (SSSR count). The van der Waals surface area contributed by atoms with Crippen LogP contribution in [0.1, 0.15) is 24.0 Å². The van der Waals surface area contributed by atoms with Crippen molar-refractivity contribution in [2.24, 2.45) is 0 Å². The van der Waals surface area contributed by atoms with Gasteiger partial charge < -0.3 is 10.1 Å². The molecule has 1 atom stereocenters. The summed E-state index contributed by atoms with van der Waals surface area (Å²) in [6, 6.07) is 18.3. The van der Waals surface area contributed by atoms with Crippen LogP contribution in [-0.2, 0) is 15.1 Å². The predicted octanol–water partition coefficient (Wildman–Crippen LogP) is 2.94. The van der Waals surface area contributed by atoms with E-state index in [2.05, 4.69) is 11.4 Å². The van der Waals surface area contributed by atoms with Gasteiger partial charge in [-0.1, -0.05) is 30.3 Å². The van der Waals surface area contributed by atoms with Crippen molar-refractivity contribution in [3.8, 4) is 6.07 Å². The van der Waals surface area contributed by atoms with Gasteiger partial charge in [-0.25, -0.2) is 4.79 Å². The average molecular weight is 349 g/mol. The third kappa shape index (κ3) is 3.38. The smallest absolute Gasteiger partial charge is 0.322 e. The Morgan fingerprint density at radius 3 is 2.54 bits per heavy atom. The number of urea groups is 1. The maximum atomic E-state index is 12.7. The standard InChI is InChI=1S/C20H19N3O3/c1-26-18(24)11-12-20(16-5-3-2-4-6-16)14-23(19(25)22-20)17-9-7-15(13-21)8-10-17/h2-10H,11-12,14H2,1H3,(H,22,25). The number of nitrogens with zero attached hydrogens (tertiary/aromatic N) is 2. The van der Waals surface area contributed by atoms with Gasteiger partial charge in [0.2, 0.25) is 0 Å². The van der Waals surface area contributed by atoms with E-state index in [9.17, 15) is 9.59 Å². The van der Waals surface area contributed by atoms with Gasteiger partial charge in [0.25, 0.3) is 0 Å². The third-order valence-electron chi connectivity index (χ3n) is 4.64. The number of carbonyl (C=O) groups excluding carboxylic acids is 2. The zero-order chi connectivity index (χ0) is 18.6. The van der Waals surface area contributed by atoms with E-state index in [-0.39, 0.29) is 18.4 Å². The van der Waals surface area contributed by atoms with E-state index in [1.165, 1.54) is 7.11 Å². The molecule has 2 aromatic rings. The number of amides is 2. The molecule has 132 valence electrons. The van der Waals surface area contributed by atoms with E-state index in [0.717, 1.165) is 5.56 Å². The normalized spacial score (nSPS) is 18.9. The second-order valence-corrected chi connectivity index (χ2v) is 6.20. The van der Waals surface area contributed by atoms with Crippen molar-refractivity contribution in [1.82, 2.24) is 5.32 Å². The summed E-state index contributed by atoms with van der Waals surface area (Å²) < 4.78 is 4.76. The molecular weight excluding hydrogens is 330 g/mol. The van der Waals surface area contributed by atoms with E-state index in [4.69, 9.17) is 10.00 Å². The number of methoxy groups -OCH3 is 1. The van der Waals surface area contributed by atoms with Crippen LogP contribution in [0.15, 0.2) is 54.6 Å².